The molecule has 0 aromatic heterocycles. The molecule has 1 aromatic carbocycles. The maximum absolute atomic E-state index is 12.3. The molecule has 0 spiro atoms. The minimum absolute atomic E-state index is 0.00780. The average Bonchev–Trinajstić information content (AvgIpc) is 3.45. The van der Waals surface area contributed by atoms with Crippen LogP contribution in [-0.4, -0.2) is 36.3 Å². The van der Waals surface area contributed by atoms with Crippen molar-refractivity contribution in [3.63, 3.8) is 0 Å². The minimum atomic E-state index is -2.56. The van der Waals surface area contributed by atoms with Crippen LogP contribution in [0, 0.1) is 5.92 Å². The third kappa shape index (κ3) is 4.52. The molecule has 2 unspecified atom stereocenters. The highest BCUT2D eigenvalue weighted by Gasteiger charge is 2.33. The van der Waals surface area contributed by atoms with Crippen molar-refractivity contribution in [2.24, 2.45) is 10.9 Å². The van der Waals surface area contributed by atoms with Crippen LogP contribution in [0.5, 0.6) is 5.75 Å². The van der Waals surface area contributed by atoms with Gasteiger partial charge in [0.05, 0.1) is 11.1 Å². The van der Waals surface area contributed by atoms with E-state index in [9.17, 15) is 13.6 Å². The highest BCUT2D eigenvalue weighted by molar-refractivity contribution is 6.32. The summed E-state index contributed by atoms with van der Waals surface area (Å²) in [6.07, 6.45) is 4.08. The lowest BCUT2D eigenvalue weighted by atomic mass is 10.1. The Morgan fingerprint density at radius 2 is 2.23 bits per heavy atom. The standard InChI is InChI=1S/C18H20ClF2N3O2/c1-11(13-5-6-15(14(19)9-13)26-10-16(20)21)24-8-2-7-22-18(24)23-17(25)12-3-4-12/h2,5-9,11-12,16,18H,3-4,10H2,1H3,(H,23,25). The van der Waals surface area contributed by atoms with Crippen molar-refractivity contribution < 1.29 is 18.3 Å². The quantitative estimate of drug-likeness (QED) is 0.780. The van der Waals surface area contributed by atoms with Crippen molar-refractivity contribution in [1.82, 2.24) is 10.2 Å². The molecule has 1 N–H and O–H groups in total. The summed E-state index contributed by atoms with van der Waals surface area (Å²) in [5, 5.41) is 3.20. The lowest BCUT2D eigenvalue weighted by Crippen LogP contribution is -2.47. The maximum Gasteiger partial charge on any atom is 0.272 e. The second-order valence-corrected chi connectivity index (χ2v) is 6.72. The second-order valence-electron chi connectivity index (χ2n) is 6.31. The van der Waals surface area contributed by atoms with E-state index in [0.717, 1.165) is 18.4 Å². The van der Waals surface area contributed by atoms with Crippen LogP contribution in [-0.2, 0) is 4.79 Å². The number of aliphatic imine (C=N–C) groups is 1. The number of carbonyl (C=O) groups excluding carboxylic acids is 1. The molecular weight excluding hydrogens is 364 g/mol. The zero-order valence-electron chi connectivity index (χ0n) is 14.2. The molecule has 26 heavy (non-hydrogen) atoms. The van der Waals surface area contributed by atoms with Gasteiger partial charge in [-0.2, -0.15) is 0 Å². The summed E-state index contributed by atoms with van der Waals surface area (Å²) in [7, 11) is 0. The third-order valence-electron chi connectivity index (χ3n) is 4.32. The van der Waals surface area contributed by atoms with Crippen molar-refractivity contribution >= 4 is 23.7 Å². The van der Waals surface area contributed by atoms with Crippen LogP contribution in [0.2, 0.25) is 5.02 Å². The van der Waals surface area contributed by atoms with Crippen LogP contribution in [0.3, 0.4) is 0 Å². The summed E-state index contributed by atoms with van der Waals surface area (Å²) < 4.78 is 29.6. The van der Waals surface area contributed by atoms with Crippen LogP contribution in [0.25, 0.3) is 0 Å². The number of nitrogens with zero attached hydrogens (tertiary/aromatic N) is 2. The molecule has 0 saturated heterocycles. The van der Waals surface area contributed by atoms with Gasteiger partial charge < -0.3 is 15.0 Å². The summed E-state index contributed by atoms with van der Waals surface area (Å²) >= 11 is 6.16. The summed E-state index contributed by atoms with van der Waals surface area (Å²) in [6.45, 7) is 1.25. The van der Waals surface area contributed by atoms with E-state index in [4.69, 9.17) is 16.3 Å². The molecule has 1 amide bonds. The smallest absolute Gasteiger partial charge is 0.272 e. The lowest BCUT2D eigenvalue weighted by Gasteiger charge is -2.35. The number of ether oxygens (including phenoxy) is 1. The van der Waals surface area contributed by atoms with Gasteiger partial charge in [-0.05, 0) is 43.5 Å². The van der Waals surface area contributed by atoms with Gasteiger partial charge in [0.1, 0.15) is 12.4 Å². The molecule has 1 aliphatic heterocycles. The molecule has 1 aliphatic carbocycles. The molecule has 0 bridgehead atoms. The number of rotatable bonds is 7. The van der Waals surface area contributed by atoms with E-state index in [-0.39, 0.29) is 28.6 Å². The van der Waals surface area contributed by atoms with E-state index in [1.165, 1.54) is 0 Å². The number of halogens is 3. The first-order valence-electron chi connectivity index (χ1n) is 8.44. The molecule has 8 heteroatoms. The number of hydrogen-bond donors (Lipinski definition) is 1. The van der Waals surface area contributed by atoms with Gasteiger partial charge in [0.2, 0.25) is 5.91 Å². The molecule has 3 rings (SSSR count). The van der Waals surface area contributed by atoms with Crippen LogP contribution in [0.1, 0.15) is 31.4 Å². The van der Waals surface area contributed by atoms with E-state index in [0.29, 0.717) is 0 Å². The van der Waals surface area contributed by atoms with Crippen molar-refractivity contribution in [3.8, 4) is 5.75 Å². The fourth-order valence-corrected chi connectivity index (χ4v) is 2.93. The predicted molar refractivity (Wildman–Crippen MR) is 95.5 cm³/mol. The van der Waals surface area contributed by atoms with Gasteiger partial charge in [0.25, 0.3) is 6.43 Å². The summed E-state index contributed by atoms with van der Waals surface area (Å²) in [6, 6.07) is 4.88. The molecule has 1 aromatic rings. The van der Waals surface area contributed by atoms with Crippen molar-refractivity contribution in [1.29, 1.82) is 0 Å². The second kappa shape index (κ2) is 8.03. The fraction of sp³-hybridized carbons (Fsp3) is 0.444. The Hall–Kier alpha value is -2.15. The number of nitrogens with one attached hydrogen (secondary N) is 1. The zero-order chi connectivity index (χ0) is 18.7. The molecule has 1 saturated carbocycles. The Morgan fingerprint density at radius 3 is 2.88 bits per heavy atom. The Morgan fingerprint density at radius 1 is 1.46 bits per heavy atom. The minimum Gasteiger partial charge on any atom is -0.486 e. The normalized spacial score (nSPS) is 20.3. The molecule has 1 heterocycles. The van der Waals surface area contributed by atoms with Crippen molar-refractivity contribution in [2.45, 2.75) is 38.5 Å². The first-order chi connectivity index (χ1) is 12.5. The zero-order valence-corrected chi connectivity index (χ0v) is 15.0. The molecule has 1 fully saturated rings. The van der Waals surface area contributed by atoms with E-state index in [1.54, 1.807) is 30.5 Å². The monoisotopic (exact) mass is 383 g/mol. The molecule has 140 valence electrons. The van der Waals surface area contributed by atoms with E-state index < -0.39 is 19.3 Å². The Kier molecular flexibility index (Phi) is 5.76. The topological polar surface area (TPSA) is 53.9 Å². The van der Waals surface area contributed by atoms with Gasteiger partial charge in [0, 0.05) is 18.3 Å². The molecule has 5 nitrogen and oxygen atoms in total. The SMILES string of the molecule is CC(c1ccc(OCC(F)F)c(Cl)c1)N1C=CC=NC1NC(=O)C1CC1. The van der Waals surface area contributed by atoms with E-state index in [1.807, 2.05) is 18.0 Å². The molecule has 2 atom stereocenters. The van der Waals surface area contributed by atoms with Crippen molar-refractivity contribution in [2.75, 3.05) is 6.61 Å². The number of carbonyl (C=O) groups is 1. The average molecular weight is 384 g/mol. The Bertz CT molecular complexity index is 722. The predicted octanol–water partition coefficient (Wildman–Crippen LogP) is 3.75. The van der Waals surface area contributed by atoms with Crippen LogP contribution in [0.4, 0.5) is 8.78 Å². The largest absolute Gasteiger partial charge is 0.486 e. The highest BCUT2D eigenvalue weighted by atomic mass is 35.5. The van der Waals surface area contributed by atoms with Gasteiger partial charge in [-0.1, -0.05) is 17.7 Å². The van der Waals surface area contributed by atoms with Gasteiger partial charge >= 0.3 is 0 Å². The summed E-state index contributed by atoms with van der Waals surface area (Å²) in [5.41, 5.74) is 0.854. The first-order valence-corrected chi connectivity index (χ1v) is 8.81. The van der Waals surface area contributed by atoms with Gasteiger partial charge in [-0.25, -0.2) is 13.8 Å². The number of alkyl halides is 2. The lowest BCUT2D eigenvalue weighted by molar-refractivity contribution is -0.124. The van der Waals surface area contributed by atoms with E-state index >= 15 is 0 Å². The Labute approximate surface area is 155 Å². The Balaban J connectivity index is 1.70. The number of hydrogen-bond acceptors (Lipinski definition) is 4. The van der Waals surface area contributed by atoms with E-state index in [2.05, 4.69) is 10.3 Å². The third-order valence-corrected chi connectivity index (χ3v) is 4.62. The molecular formula is C18H20ClF2N3O2. The van der Waals surface area contributed by atoms with Crippen LogP contribution in [0.15, 0.2) is 35.5 Å². The van der Waals surface area contributed by atoms with Crippen LogP contribution < -0.4 is 10.1 Å². The molecule has 2 aliphatic rings. The first kappa shape index (κ1) is 18.6. The summed E-state index contributed by atoms with van der Waals surface area (Å²) in [5.74, 6) is 0.316. The highest BCUT2D eigenvalue weighted by Crippen LogP contribution is 2.32. The van der Waals surface area contributed by atoms with Gasteiger partial charge in [0.15, 0.2) is 6.29 Å². The van der Waals surface area contributed by atoms with Gasteiger partial charge in [-0.3, -0.25) is 4.79 Å². The fourth-order valence-electron chi connectivity index (χ4n) is 2.69. The van der Waals surface area contributed by atoms with Gasteiger partial charge in [-0.15, -0.1) is 0 Å². The number of allylic oxidation sites excluding steroid dienone is 1. The molecule has 0 radical (unpaired) electrons. The number of amides is 1. The summed E-state index contributed by atoms with van der Waals surface area (Å²) in [4.78, 5) is 18.3. The number of benzene rings is 1. The van der Waals surface area contributed by atoms with Crippen LogP contribution >= 0.6 is 11.6 Å². The maximum atomic E-state index is 12.3. The van der Waals surface area contributed by atoms with Crippen molar-refractivity contribution in [3.05, 3.63) is 41.1 Å².